The Balaban J connectivity index is 1.55. The highest BCUT2D eigenvalue weighted by Gasteiger charge is 2.71. The molecule has 4 aliphatic heterocycles. The van der Waals surface area contributed by atoms with Crippen molar-refractivity contribution in [3.05, 3.63) is 24.3 Å². The standard InChI is InChI=1S/C25H35N3O4S/c1-2-12-26-13-6-10-18-19(22(26)30)20-23(31)28(15-16-29)21-24(32)27(17-8-4-3-5-9-17)14-7-11-25(20,21)33-18/h6-7,10-11,17-21,29H,2-5,8-9,12-16H2,1H3/t18-,19+,20-,21?,25-/m0/s1. The van der Waals surface area contributed by atoms with E-state index in [2.05, 4.69) is 25.2 Å². The molecule has 1 saturated carbocycles. The summed E-state index contributed by atoms with van der Waals surface area (Å²) in [4.78, 5) is 47.0. The summed E-state index contributed by atoms with van der Waals surface area (Å²) < 4.78 is -0.767. The molecular weight excluding hydrogens is 438 g/mol. The highest BCUT2D eigenvalue weighted by molar-refractivity contribution is 8.02. The number of carbonyl (C=O) groups is 3. The van der Waals surface area contributed by atoms with Gasteiger partial charge in [0, 0.05) is 37.5 Å². The Kier molecular flexibility index (Phi) is 6.33. The first kappa shape index (κ1) is 23.0. The van der Waals surface area contributed by atoms with Crippen molar-refractivity contribution in [2.24, 2.45) is 11.8 Å². The average molecular weight is 474 g/mol. The Morgan fingerprint density at radius 3 is 2.55 bits per heavy atom. The van der Waals surface area contributed by atoms with Crippen molar-refractivity contribution in [1.29, 1.82) is 0 Å². The number of nitrogens with zero attached hydrogens (tertiary/aromatic N) is 3. The van der Waals surface area contributed by atoms with Gasteiger partial charge in [-0.3, -0.25) is 14.4 Å². The quantitative estimate of drug-likeness (QED) is 0.616. The Hall–Kier alpha value is -1.80. The lowest BCUT2D eigenvalue weighted by Gasteiger charge is -2.39. The second-order valence-electron chi connectivity index (χ2n) is 9.99. The molecule has 180 valence electrons. The van der Waals surface area contributed by atoms with Crippen LogP contribution in [-0.2, 0) is 14.4 Å². The first-order valence-corrected chi connectivity index (χ1v) is 13.4. The fraction of sp³-hybridized carbons (Fsp3) is 0.720. The molecule has 33 heavy (non-hydrogen) atoms. The van der Waals surface area contributed by atoms with E-state index in [1.54, 1.807) is 16.7 Å². The third-order valence-electron chi connectivity index (χ3n) is 8.12. The number of aliphatic hydroxyl groups excluding tert-OH is 1. The Morgan fingerprint density at radius 1 is 1.03 bits per heavy atom. The molecule has 1 N–H and O–H groups in total. The molecular formula is C25H35N3O4S. The summed E-state index contributed by atoms with van der Waals surface area (Å²) >= 11 is 1.62. The van der Waals surface area contributed by atoms with Crippen LogP contribution in [0.1, 0.15) is 45.4 Å². The van der Waals surface area contributed by atoms with Gasteiger partial charge in [-0.05, 0) is 19.3 Å². The molecule has 1 aliphatic carbocycles. The molecule has 5 rings (SSSR count). The summed E-state index contributed by atoms with van der Waals surface area (Å²) in [6, 6.07) is -0.463. The van der Waals surface area contributed by atoms with Crippen molar-refractivity contribution in [1.82, 2.24) is 14.7 Å². The summed E-state index contributed by atoms with van der Waals surface area (Å²) in [5, 5.41) is 9.66. The average Bonchev–Trinajstić information content (AvgIpc) is 3.12. The first-order chi connectivity index (χ1) is 16.0. The highest BCUT2D eigenvalue weighted by atomic mass is 32.2. The minimum Gasteiger partial charge on any atom is -0.395 e. The van der Waals surface area contributed by atoms with Crippen LogP contribution in [0.3, 0.4) is 0 Å². The van der Waals surface area contributed by atoms with Gasteiger partial charge in [0.2, 0.25) is 17.7 Å². The molecule has 3 amide bonds. The molecule has 0 aromatic carbocycles. The number of carbonyl (C=O) groups excluding carboxylic acids is 3. The predicted molar refractivity (Wildman–Crippen MR) is 127 cm³/mol. The van der Waals surface area contributed by atoms with E-state index >= 15 is 0 Å². The lowest BCUT2D eigenvalue weighted by Crippen LogP contribution is -2.55. The third kappa shape index (κ3) is 3.55. The summed E-state index contributed by atoms with van der Waals surface area (Å²) in [7, 11) is 0. The van der Waals surface area contributed by atoms with Crippen LogP contribution in [0.25, 0.3) is 0 Å². The van der Waals surface area contributed by atoms with Gasteiger partial charge in [-0.1, -0.05) is 50.5 Å². The summed E-state index contributed by atoms with van der Waals surface area (Å²) in [6.07, 6.45) is 14.6. The maximum Gasteiger partial charge on any atom is 0.247 e. The number of fused-ring (bicyclic) bond motifs is 2. The van der Waals surface area contributed by atoms with Gasteiger partial charge in [-0.25, -0.2) is 0 Å². The number of amides is 3. The normalized spacial score (nSPS) is 36.7. The zero-order chi connectivity index (χ0) is 23.2. The van der Waals surface area contributed by atoms with Crippen molar-refractivity contribution in [2.45, 2.75) is 67.5 Å². The van der Waals surface area contributed by atoms with Crippen LogP contribution in [0.4, 0.5) is 0 Å². The first-order valence-electron chi connectivity index (χ1n) is 12.6. The topological polar surface area (TPSA) is 81.2 Å². The summed E-state index contributed by atoms with van der Waals surface area (Å²) in [5.41, 5.74) is 0. The maximum absolute atomic E-state index is 14.1. The molecule has 0 aromatic rings. The number of likely N-dealkylation sites (tertiary alicyclic amines) is 1. The van der Waals surface area contributed by atoms with Crippen LogP contribution in [0.15, 0.2) is 24.3 Å². The molecule has 7 nitrogen and oxygen atoms in total. The van der Waals surface area contributed by atoms with Gasteiger partial charge in [0.15, 0.2) is 0 Å². The molecule has 0 aromatic heterocycles. The van der Waals surface area contributed by atoms with Crippen molar-refractivity contribution < 1.29 is 19.5 Å². The van der Waals surface area contributed by atoms with Crippen LogP contribution in [0.2, 0.25) is 0 Å². The van der Waals surface area contributed by atoms with Gasteiger partial charge < -0.3 is 19.8 Å². The Morgan fingerprint density at radius 2 is 1.82 bits per heavy atom. The van der Waals surface area contributed by atoms with Crippen molar-refractivity contribution in [2.75, 3.05) is 32.8 Å². The van der Waals surface area contributed by atoms with E-state index in [0.717, 1.165) is 32.1 Å². The number of thioether (sulfide) groups is 1. The van der Waals surface area contributed by atoms with Crippen LogP contribution < -0.4 is 0 Å². The fourth-order valence-electron chi connectivity index (χ4n) is 6.75. The van der Waals surface area contributed by atoms with E-state index in [1.807, 2.05) is 15.9 Å². The molecule has 3 fully saturated rings. The van der Waals surface area contributed by atoms with E-state index in [0.29, 0.717) is 19.6 Å². The minimum atomic E-state index is -0.767. The van der Waals surface area contributed by atoms with Gasteiger partial charge in [0.25, 0.3) is 0 Å². The fourth-order valence-corrected chi connectivity index (χ4v) is 8.75. The minimum absolute atomic E-state index is 0.0120. The molecule has 1 unspecified atom stereocenters. The number of rotatable bonds is 5. The van der Waals surface area contributed by atoms with Gasteiger partial charge in [-0.2, -0.15) is 0 Å². The van der Waals surface area contributed by atoms with Crippen LogP contribution in [0.5, 0.6) is 0 Å². The lowest BCUT2D eigenvalue weighted by atomic mass is 9.78. The number of β-amino-alcohol motifs (C(OH)–C–C–N with tert-alkyl or cyclic N) is 1. The van der Waals surface area contributed by atoms with E-state index in [9.17, 15) is 19.5 Å². The second kappa shape index (κ2) is 9.10. The molecule has 2 saturated heterocycles. The molecule has 0 radical (unpaired) electrons. The number of hydrogen-bond donors (Lipinski definition) is 1. The van der Waals surface area contributed by atoms with Gasteiger partial charge in [0.05, 0.1) is 23.2 Å². The van der Waals surface area contributed by atoms with Gasteiger partial charge in [-0.15, -0.1) is 11.8 Å². The SMILES string of the molecule is CCCN1CC=C[C@@H]2S[C@]34C=CCN(C5CCCCC5)C(=O)C3N(CCO)C(=O)[C@@H]4[C@@H]2C1=O. The van der Waals surface area contributed by atoms with E-state index in [-0.39, 0.29) is 42.2 Å². The molecule has 5 aliphatic rings. The van der Waals surface area contributed by atoms with Crippen LogP contribution in [-0.4, -0.2) is 92.4 Å². The van der Waals surface area contributed by atoms with Crippen LogP contribution in [0, 0.1) is 11.8 Å². The largest absolute Gasteiger partial charge is 0.395 e. The molecule has 0 bridgehead atoms. The van der Waals surface area contributed by atoms with Gasteiger partial charge in [0.1, 0.15) is 6.04 Å². The predicted octanol–water partition coefficient (Wildman–Crippen LogP) is 1.82. The smallest absolute Gasteiger partial charge is 0.247 e. The van der Waals surface area contributed by atoms with Crippen LogP contribution >= 0.6 is 11.8 Å². The molecule has 4 heterocycles. The Labute approximate surface area is 200 Å². The number of aliphatic hydroxyl groups is 1. The lowest BCUT2D eigenvalue weighted by molar-refractivity contribution is -0.145. The zero-order valence-electron chi connectivity index (χ0n) is 19.4. The Bertz CT molecular complexity index is 870. The van der Waals surface area contributed by atoms with Crippen molar-refractivity contribution in [3.8, 4) is 0 Å². The van der Waals surface area contributed by atoms with Crippen molar-refractivity contribution >= 4 is 29.5 Å². The van der Waals surface area contributed by atoms with Crippen molar-refractivity contribution in [3.63, 3.8) is 0 Å². The summed E-state index contributed by atoms with van der Waals surface area (Å²) in [6.45, 7) is 3.77. The molecule has 1 spiro atoms. The van der Waals surface area contributed by atoms with E-state index < -0.39 is 22.6 Å². The zero-order valence-corrected chi connectivity index (χ0v) is 20.2. The van der Waals surface area contributed by atoms with Gasteiger partial charge >= 0.3 is 0 Å². The maximum atomic E-state index is 14.1. The highest BCUT2D eigenvalue weighted by Crippen LogP contribution is 2.61. The van der Waals surface area contributed by atoms with E-state index in [1.165, 1.54) is 6.42 Å². The molecule has 5 atom stereocenters. The summed E-state index contributed by atoms with van der Waals surface area (Å²) in [5.74, 6) is -1.20. The van der Waals surface area contributed by atoms with E-state index in [4.69, 9.17) is 0 Å². The molecule has 8 heteroatoms. The third-order valence-corrected chi connectivity index (χ3v) is 9.87. The second-order valence-corrected chi connectivity index (χ2v) is 11.5. The monoisotopic (exact) mass is 473 g/mol. The number of hydrogen-bond acceptors (Lipinski definition) is 5.